The molecule has 1 aromatic rings. The standard InChI is InChI=1S/C17H23N5O4/c1-20(2)13-5-6-14(19-18-13)26-12-4-3-9-21(10-12)17(25)11-22-15(23)7-8-16(22)24/h5-6,12H,3-4,7-11H2,1-2H3. The topological polar surface area (TPSA) is 95.9 Å². The quantitative estimate of drug-likeness (QED) is 0.684. The van der Waals surface area contributed by atoms with Crippen molar-refractivity contribution in [1.29, 1.82) is 0 Å². The zero-order chi connectivity index (χ0) is 18.7. The van der Waals surface area contributed by atoms with Gasteiger partial charge < -0.3 is 14.5 Å². The van der Waals surface area contributed by atoms with Gasteiger partial charge in [-0.2, -0.15) is 0 Å². The number of likely N-dealkylation sites (tertiary alicyclic amines) is 2. The van der Waals surface area contributed by atoms with Crippen LogP contribution in [0.5, 0.6) is 5.88 Å². The minimum Gasteiger partial charge on any atom is -0.471 e. The van der Waals surface area contributed by atoms with Gasteiger partial charge in [-0.25, -0.2) is 0 Å². The number of carbonyl (C=O) groups is 3. The second kappa shape index (κ2) is 7.67. The molecular formula is C17H23N5O4. The lowest BCUT2D eigenvalue weighted by Gasteiger charge is -2.33. The normalized spacial score (nSPS) is 20.5. The van der Waals surface area contributed by atoms with Crippen molar-refractivity contribution in [3.63, 3.8) is 0 Å². The van der Waals surface area contributed by atoms with Crippen LogP contribution in [0.15, 0.2) is 12.1 Å². The molecule has 9 heteroatoms. The zero-order valence-electron chi connectivity index (χ0n) is 15.1. The zero-order valence-corrected chi connectivity index (χ0v) is 15.1. The van der Waals surface area contributed by atoms with Crippen LogP contribution in [0.25, 0.3) is 0 Å². The predicted molar refractivity (Wildman–Crippen MR) is 92.5 cm³/mol. The van der Waals surface area contributed by atoms with Gasteiger partial charge in [-0.05, 0) is 18.9 Å². The van der Waals surface area contributed by atoms with E-state index in [4.69, 9.17) is 4.74 Å². The maximum Gasteiger partial charge on any atom is 0.242 e. The Hall–Kier alpha value is -2.71. The number of imide groups is 1. The van der Waals surface area contributed by atoms with Crippen molar-refractivity contribution in [3.8, 4) is 5.88 Å². The highest BCUT2D eigenvalue weighted by molar-refractivity contribution is 6.04. The van der Waals surface area contributed by atoms with E-state index in [1.54, 1.807) is 11.0 Å². The van der Waals surface area contributed by atoms with E-state index in [1.165, 1.54) is 0 Å². The Morgan fingerprint density at radius 3 is 2.58 bits per heavy atom. The Morgan fingerprint density at radius 1 is 1.23 bits per heavy atom. The van der Waals surface area contributed by atoms with Crippen LogP contribution in [0, 0.1) is 0 Å². The van der Waals surface area contributed by atoms with Gasteiger partial charge in [0.05, 0.1) is 6.54 Å². The first-order chi connectivity index (χ1) is 12.4. The Morgan fingerprint density at radius 2 is 1.96 bits per heavy atom. The molecule has 3 amide bonds. The molecule has 0 radical (unpaired) electrons. The van der Waals surface area contributed by atoms with Crippen molar-refractivity contribution in [2.75, 3.05) is 38.6 Å². The van der Waals surface area contributed by atoms with Crippen molar-refractivity contribution in [3.05, 3.63) is 12.1 Å². The summed E-state index contributed by atoms with van der Waals surface area (Å²) in [6, 6.07) is 3.57. The molecule has 0 spiro atoms. The monoisotopic (exact) mass is 361 g/mol. The van der Waals surface area contributed by atoms with Crippen LogP contribution in [0.3, 0.4) is 0 Å². The summed E-state index contributed by atoms with van der Waals surface area (Å²) in [5.41, 5.74) is 0. The Balaban J connectivity index is 1.55. The molecule has 0 aliphatic carbocycles. The summed E-state index contributed by atoms with van der Waals surface area (Å²) in [5, 5.41) is 8.12. The van der Waals surface area contributed by atoms with Crippen LogP contribution in [-0.2, 0) is 14.4 Å². The number of hydrogen-bond acceptors (Lipinski definition) is 7. The second-order valence-corrected chi connectivity index (χ2v) is 6.72. The molecule has 0 aromatic carbocycles. The van der Waals surface area contributed by atoms with E-state index in [9.17, 15) is 14.4 Å². The Kier molecular flexibility index (Phi) is 5.34. The lowest BCUT2D eigenvalue weighted by molar-refractivity contribution is -0.146. The molecule has 0 N–H and O–H groups in total. The molecule has 2 fully saturated rings. The number of piperidine rings is 1. The van der Waals surface area contributed by atoms with Crippen LogP contribution >= 0.6 is 0 Å². The minimum absolute atomic E-state index is 0.179. The molecule has 2 saturated heterocycles. The molecule has 0 saturated carbocycles. The average molecular weight is 361 g/mol. The minimum atomic E-state index is -0.274. The fraction of sp³-hybridized carbons (Fsp3) is 0.588. The van der Waals surface area contributed by atoms with E-state index in [-0.39, 0.29) is 43.2 Å². The Labute approximate surface area is 151 Å². The first-order valence-corrected chi connectivity index (χ1v) is 8.72. The fourth-order valence-electron chi connectivity index (χ4n) is 3.08. The van der Waals surface area contributed by atoms with Gasteiger partial charge in [0, 0.05) is 39.5 Å². The lowest BCUT2D eigenvalue weighted by Crippen LogP contribution is -2.48. The first kappa shape index (κ1) is 18.1. The molecule has 3 heterocycles. The summed E-state index contributed by atoms with van der Waals surface area (Å²) in [4.78, 5) is 40.4. The van der Waals surface area contributed by atoms with Gasteiger partial charge in [0.1, 0.15) is 12.6 Å². The van der Waals surface area contributed by atoms with E-state index in [0.29, 0.717) is 19.0 Å². The van der Waals surface area contributed by atoms with Crippen molar-refractivity contribution in [2.24, 2.45) is 0 Å². The van der Waals surface area contributed by atoms with Crippen molar-refractivity contribution < 1.29 is 19.1 Å². The van der Waals surface area contributed by atoms with Gasteiger partial charge in [-0.1, -0.05) is 0 Å². The molecular weight excluding hydrogens is 338 g/mol. The Bertz CT molecular complexity index is 675. The van der Waals surface area contributed by atoms with Crippen molar-refractivity contribution >= 4 is 23.5 Å². The summed E-state index contributed by atoms with van der Waals surface area (Å²) in [7, 11) is 3.76. The van der Waals surface area contributed by atoms with E-state index in [1.807, 2.05) is 25.1 Å². The van der Waals surface area contributed by atoms with E-state index in [0.717, 1.165) is 23.6 Å². The fourth-order valence-corrected chi connectivity index (χ4v) is 3.08. The number of nitrogens with zero attached hydrogens (tertiary/aromatic N) is 5. The molecule has 2 aliphatic heterocycles. The maximum absolute atomic E-state index is 12.5. The summed E-state index contributed by atoms with van der Waals surface area (Å²) < 4.78 is 5.85. The van der Waals surface area contributed by atoms with Gasteiger partial charge in [0.25, 0.3) is 0 Å². The molecule has 1 aromatic heterocycles. The number of carbonyl (C=O) groups excluding carboxylic acids is 3. The molecule has 9 nitrogen and oxygen atoms in total. The van der Waals surface area contributed by atoms with Crippen LogP contribution in [0.2, 0.25) is 0 Å². The third kappa shape index (κ3) is 4.09. The number of anilines is 1. The molecule has 0 bridgehead atoms. The molecule has 1 atom stereocenters. The number of aromatic nitrogens is 2. The molecule has 140 valence electrons. The van der Waals surface area contributed by atoms with Crippen LogP contribution in [0.4, 0.5) is 5.82 Å². The van der Waals surface area contributed by atoms with Crippen LogP contribution < -0.4 is 9.64 Å². The highest BCUT2D eigenvalue weighted by Crippen LogP contribution is 2.19. The van der Waals surface area contributed by atoms with Gasteiger partial charge in [0.2, 0.25) is 23.6 Å². The summed E-state index contributed by atoms with van der Waals surface area (Å²) in [6.45, 7) is 0.827. The van der Waals surface area contributed by atoms with Crippen molar-refractivity contribution in [2.45, 2.75) is 31.8 Å². The third-order valence-corrected chi connectivity index (χ3v) is 4.55. The highest BCUT2D eigenvalue weighted by atomic mass is 16.5. The molecule has 3 rings (SSSR count). The SMILES string of the molecule is CN(C)c1ccc(OC2CCCN(C(=O)CN3C(=O)CCC3=O)C2)nn1. The molecule has 26 heavy (non-hydrogen) atoms. The number of amides is 3. The smallest absolute Gasteiger partial charge is 0.242 e. The van der Waals surface area contributed by atoms with Crippen LogP contribution in [-0.4, -0.2) is 77.6 Å². The van der Waals surface area contributed by atoms with E-state index >= 15 is 0 Å². The van der Waals surface area contributed by atoms with Gasteiger partial charge >= 0.3 is 0 Å². The van der Waals surface area contributed by atoms with E-state index in [2.05, 4.69) is 10.2 Å². The summed E-state index contributed by atoms with van der Waals surface area (Å²) >= 11 is 0. The highest BCUT2D eigenvalue weighted by Gasteiger charge is 2.33. The summed E-state index contributed by atoms with van der Waals surface area (Å²) in [6.07, 6.45) is 1.81. The van der Waals surface area contributed by atoms with Gasteiger partial charge in [-0.3, -0.25) is 19.3 Å². The second-order valence-electron chi connectivity index (χ2n) is 6.72. The van der Waals surface area contributed by atoms with Crippen molar-refractivity contribution in [1.82, 2.24) is 20.0 Å². The number of hydrogen-bond donors (Lipinski definition) is 0. The van der Waals surface area contributed by atoms with Gasteiger partial charge in [-0.15, -0.1) is 10.2 Å². The molecule has 2 aliphatic rings. The maximum atomic E-state index is 12.5. The largest absolute Gasteiger partial charge is 0.471 e. The van der Waals surface area contributed by atoms with Gasteiger partial charge in [0.15, 0.2) is 5.82 Å². The molecule has 1 unspecified atom stereocenters. The van der Waals surface area contributed by atoms with Crippen LogP contribution in [0.1, 0.15) is 25.7 Å². The summed E-state index contributed by atoms with van der Waals surface area (Å²) in [5.74, 6) is 0.377. The first-order valence-electron chi connectivity index (χ1n) is 8.72. The predicted octanol–water partition coefficient (Wildman–Crippen LogP) is 0.0614. The number of rotatable bonds is 5. The average Bonchev–Trinajstić information content (AvgIpc) is 2.94. The number of ether oxygens (including phenoxy) is 1. The third-order valence-electron chi connectivity index (χ3n) is 4.55. The lowest BCUT2D eigenvalue weighted by atomic mass is 10.1. The van der Waals surface area contributed by atoms with E-state index < -0.39 is 0 Å².